The number of anilines is 1. The molecule has 9 heteroatoms. The van der Waals surface area contributed by atoms with Crippen LogP contribution in [0.2, 0.25) is 0 Å². The van der Waals surface area contributed by atoms with Crippen LogP contribution in [0.5, 0.6) is 5.75 Å². The van der Waals surface area contributed by atoms with E-state index in [0.29, 0.717) is 30.0 Å². The molecule has 1 fully saturated rings. The van der Waals surface area contributed by atoms with Gasteiger partial charge in [0, 0.05) is 31.0 Å². The molecular weight excluding hydrogens is 458 g/mol. The molecule has 1 saturated heterocycles. The van der Waals surface area contributed by atoms with Gasteiger partial charge in [-0.15, -0.1) is 0 Å². The van der Waals surface area contributed by atoms with E-state index in [1.807, 2.05) is 55.5 Å². The molecule has 1 aliphatic rings. The number of carbonyl (C=O) groups is 2. The Morgan fingerprint density at radius 2 is 1.92 bits per heavy atom. The first-order chi connectivity index (χ1) is 17.3. The molecule has 0 saturated carbocycles. The minimum atomic E-state index is -1.24. The molecule has 0 aliphatic carbocycles. The number of piperidine rings is 1. The first-order valence-electron chi connectivity index (χ1n) is 12.1. The molecule has 1 unspecified atom stereocenters. The van der Waals surface area contributed by atoms with Crippen LogP contribution in [-0.4, -0.2) is 56.2 Å². The number of phenols is 1. The molecule has 0 bridgehead atoms. The van der Waals surface area contributed by atoms with E-state index in [4.69, 9.17) is 5.73 Å². The number of rotatable bonds is 7. The van der Waals surface area contributed by atoms with Crippen molar-refractivity contribution in [1.82, 2.24) is 20.2 Å². The summed E-state index contributed by atoms with van der Waals surface area (Å²) in [5, 5.41) is 22.2. The minimum absolute atomic E-state index is 0.0922. The van der Waals surface area contributed by atoms with Crippen molar-refractivity contribution < 1.29 is 19.8 Å². The number of amides is 2. The molecule has 2 amide bonds. The molecule has 3 aromatic rings. The van der Waals surface area contributed by atoms with E-state index in [2.05, 4.69) is 15.3 Å². The Balaban J connectivity index is 1.56. The van der Waals surface area contributed by atoms with Gasteiger partial charge in [0.05, 0.1) is 11.4 Å². The van der Waals surface area contributed by atoms with Crippen molar-refractivity contribution in [3.8, 4) is 17.0 Å². The van der Waals surface area contributed by atoms with Crippen molar-refractivity contribution in [3.63, 3.8) is 0 Å². The van der Waals surface area contributed by atoms with Gasteiger partial charge < -0.3 is 26.2 Å². The third kappa shape index (κ3) is 5.91. The Hall–Kier alpha value is -4.14. The second-order valence-corrected chi connectivity index (χ2v) is 9.06. The Kier molecular flexibility index (Phi) is 7.68. The molecule has 5 N–H and O–H groups in total. The highest BCUT2D eigenvalue weighted by molar-refractivity contribution is 5.85. The highest BCUT2D eigenvalue weighted by Gasteiger charge is 2.31. The minimum Gasteiger partial charge on any atom is -0.507 e. The molecular formula is C27H31N5O4. The van der Waals surface area contributed by atoms with E-state index in [0.717, 1.165) is 30.4 Å². The smallest absolute Gasteiger partial charge is 0.405 e. The Morgan fingerprint density at radius 3 is 2.64 bits per heavy atom. The van der Waals surface area contributed by atoms with Crippen molar-refractivity contribution in [2.75, 3.05) is 18.8 Å². The fourth-order valence-electron chi connectivity index (χ4n) is 4.68. The topological polar surface area (TPSA) is 142 Å². The number of hydrogen-bond acceptors (Lipinski definition) is 6. The Bertz CT molecular complexity index is 1230. The molecule has 36 heavy (non-hydrogen) atoms. The number of carbonyl (C=O) groups excluding carboxylic acids is 1. The number of aromatic hydroxyl groups is 1. The Morgan fingerprint density at radius 1 is 1.14 bits per heavy atom. The van der Waals surface area contributed by atoms with Crippen LogP contribution in [0.4, 0.5) is 10.7 Å². The number of aromatic nitrogens is 2. The van der Waals surface area contributed by atoms with Gasteiger partial charge in [0.15, 0.2) is 0 Å². The number of likely N-dealkylation sites (tertiary alicyclic amines) is 1. The third-order valence-electron chi connectivity index (χ3n) is 6.54. The number of nitrogens with zero attached hydrogens (tertiary/aromatic N) is 3. The first-order valence-corrected chi connectivity index (χ1v) is 12.1. The second-order valence-electron chi connectivity index (χ2n) is 9.06. The maximum absolute atomic E-state index is 13.4. The zero-order valence-electron chi connectivity index (χ0n) is 20.2. The summed E-state index contributed by atoms with van der Waals surface area (Å²) in [6.45, 7) is 2.96. The van der Waals surface area contributed by atoms with Gasteiger partial charge in [-0.2, -0.15) is 0 Å². The van der Waals surface area contributed by atoms with E-state index >= 15 is 0 Å². The molecule has 0 radical (unpaired) electrons. The fraction of sp³-hybridized carbons (Fsp3) is 0.333. The number of nitrogen functional groups attached to an aromatic ring is 1. The number of benzene rings is 2. The van der Waals surface area contributed by atoms with Crippen LogP contribution in [0.25, 0.3) is 11.3 Å². The van der Waals surface area contributed by atoms with Crippen LogP contribution in [0.15, 0.2) is 54.6 Å². The molecule has 2 aromatic carbocycles. The SMILES string of the molecule is CCc1ccc(O)c(-c2cc(C3CCCN(C(=O)[C@@H](Cc4ccccc4)NC(=O)O)C3)nc(N)n2)c1. The molecule has 188 valence electrons. The van der Waals surface area contributed by atoms with Gasteiger partial charge in [-0.25, -0.2) is 14.8 Å². The zero-order valence-corrected chi connectivity index (χ0v) is 20.2. The van der Waals surface area contributed by atoms with Gasteiger partial charge in [-0.05, 0) is 48.6 Å². The zero-order chi connectivity index (χ0) is 25.7. The van der Waals surface area contributed by atoms with Crippen molar-refractivity contribution in [1.29, 1.82) is 0 Å². The average molecular weight is 490 g/mol. The molecule has 1 aliphatic heterocycles. The van der Waals surface area contributed by atoms with Crippen LogP contribution < -0.4 is 11.1 Å². The number of aryl methyl sites for hydroxylation is 1. The van der Waals surface area contributed by atoms with E-state index in [9.17, 15) is 19.8 Å². The van der Waals surface area contributed by atoms with Crippen LogP contribution in [-0.2, 0) is 17.6 Å². The summed E-state index contributed by atoms with van der Waals surface area (Å²) >= 11 is 0. The lowest BCUT2D eigenvalue weighted by Crippen LogP contribution is -2.51. The quantitative estimate of drug-likeness (QED) is 0.397. The lowest BCUT2D eigenvalue weighted by atomic mass is 9.92. The fourth-order valence-corrected chi connectivity index (χ4v) is 4.68. The molecule has 9 nitrogen and oxygen atoms in total. The first kappa shape index (κ1) is 25.0. The predicted octanol–water partition coefficient (Wildman–Crippen LogP) is 3.58. The van der Waals surface area contributed by atoms with E-state index in [-0.39, 0.29) is 29.9 Å². The van der Waals surface area contributed by atoms with E-state index in [1.54, 1.807) is 11.0 Å². The van der Waals surface area contributed by atoms with Crippen LogP contribution in [0, 0.1) is 0 Å². The van der Waals surface area contributed by atoms with E-state index < -0.39 is 12.1 Å². The van der Waals surface area contributed by atoms with Crippen molar-refractivity contribution in [3.05, 3.63) is 71.4 Å². The lowest BCUT2D eigenvalue weighted by Gasteiger charge is -2.35. The summed E-state index contributed by atoms with van der Waals surface area (Å²) in [6, 6.07) is 15.7. The van der Waals surface area contributed by atoms with Crippen LogP contribution in [0.3, 0.4) is 0 Å². The largest absolute Gasteiger partial charge is 0.507 e. The molecule has 2 atom stereocenters. The average Bonchev–Trinajstić information content (AvgIpc) is 2.88. The summed E-state index contributed by atoms with van der Waals surface area (Å²) in [4.78, 5) is 35.3. The van der Waals surface area contributed by atoms with Crippen molar-refractivity contribution in [2.24, 2.45) is 0 Å². The lowest BCUT2D eigenvalue weighted by molar-refractivity contribution is -0.134. The maximum Gasteiger partial charge on any atom is 0.405 e. The normalized spacial score (nSPS) is 16.4. The summed E-state index contributed by atoms with van der Waals surface area (Å²) in [7, 11) is 0. The molecule has 1 aromatic heterocycles. The maximum atomic E-state index is 13.4. The van der Waals surface area contributed by atoms with Crippen LogP contribution >= 0.6 is 0 Å². The molecule has 4 rings (SSSR count). The highest BCUT2D eigenvalue weighted by atomic mass is 16.4. The number of hydrogen-bond donors (Lipinski definition) is 4. The van der Waals surface area contributed by atoms with Crippen LogP contribution in [0.1, 0.15) is 42.5 Å². The molecule has 2 heterocycles. The molecule has 0 spiro atoms. The second kappa shape index (κ2) is 11.1. The summed E-state index contributed by atoms with van der Waals surface area (Å²) in [5.41, 5.74) is 9.80. The number of carboxylic acid groups (broad SMARTS) is 1. The van der Waals surface area contributed by atoms with Crippen molar-refractivity contribution in [2.45, 2.75) is 44.6 Å². The van der Waals surface area contributed by atoms with Gasteiger partial charge in [-0.1, -0.05) is 43.3 Å². The highest BCUT2D eigenvalue weighted by Crippen LogP contribution is 2.33. The van der Waals surface area contributed by atoms with Crippen molar-refractivity contribution >= 4 is 17.9 Å². The number of nitrogens with one attached hydrogen (secondary N) is 1. The predicted molar refractivity (Wildman–Crippen MR) is 137 cm³/mol. The number of phenolic OH excluding ortho intramolecular Hbond substituents is 1. The van der Waals surface area contributed by atoms with Gasteiger partial charge in [0.25, 0.3) is 0 Å². The van der Waals surface area contributed by atoms with Gasteiger partial charge in [0.2, 0.25) is 11.9 Å². The van der Waals surface area contributed by atoms with Gasteiger partial charge in [0.1, 0.15) is 11.8 Å². The summed E-state index contributed by atoms with van der Waals surface area (Å²) in [5.74, 6) is -0.145. The van der Waals surface area contributed by atoms with E-state index in [1.165, 1.54) is 0 Å². The Labute approximate surface area is 210 Å². The monoisotopic (exact) mass is 489 g/mol. The third-order valence-corrected chi connectivity index (χ3v) is 6.54. The summed E-state index contributed by atoms with van der Waals surface area (Å²) in [6.07, 6.45) is 1.40. The summed E-state index contributed by atoms with van der Waals surface area (Å²) < 4.78 is 0. The van der Waals surface area contributed by atoms with Gasteiger partial charge >= 0.3 is 6.09 Å². The standard InChI is InChI=1S/C27H31N5O4/c1-2-17-10-11-24(33)20(13-17)22-15-21(29-26(28)30-22)19-9-6-12-32(16-19)25(34)23(31-27(35)36)14-18-7-4-3-5-8-18/h3-5,7-8,10-11,13,15,19,23,31,33H,2,6,9,12,14,16H2,1H3,(H,35,36)(H2,28,29,30)/t19?,23-/m1/s1. The number of nitrogens with two attached hydrogens (primary N) is 1. The van der Waals surface area contributed by atoms with Gasteiger partial charge in [-0.3, -0.25) is 4.79 Å².